The summed E-state index contributed by atoms with van der Waals surface area (Å²) in [4.78, 5) is 26.3. The van der Waals surface area contributed by atoms with Gasteiger partial charge in [-0.05, 0) is 25.0 Å². The number of carbonyl (C=O) groups excluding carboxylic acids is 2. The summed E-state index contributed by atoms with van der Waals surface area (Å²) in [5.41, 5.74) is 8.53. The molecule has 1 saturated carbocycles. The van der Waals surface area contributed by atoms with Gasteiger partial charge in [-0.15, -0.1) is 0 Å². The Morgan fingerprint density at radius 3 is 2.54 bits per heavy atom. The number of hydrogen-bond acceptors (Lipinski definition) is 3. The fraction of sp³-hybridized carbons (Fsp3) is 0.316. The van der Waals surface area contributed by atoms with Crippen molar-refractivity contribution in [2.24, 2.45) is 5.73 Å². The molecule has 0 radical (unpaired) electrons. The van der Waals surface area contributed by atoms with Gasteiger partial charge in [0.1, 0.15) is 6.07 Å². The summed E-state index contributed by atoms with van der Waals surface area (Å²) in [6, 6.07) is 11.2. The molecule has 3 amide bonds. The minimum absolute atomic E-state index is 0.231. The van der Waals surface area contributed by atoms with Gasteiger partial charge in [-0.2, -0.15) is 5.26 Å². The molecule has 0 atom stereocenters. The van der Waals surface area contributed by atoms with E-state index in [2.05, 4.69) is 11.4 Å². The second-order valence-corrected chi connectivity index (χ2v) is 6.70. The Morgan fingerprint density at radius 1 is 1.19 bits per heavy atom. The quantitative estimate of drug-likeness (QED) is 0.889. The third-order valence-electron chi connectivity index (χ3n) is 4.98. The molecule has 0 spiro atoms. The van der Waals surface area contributed by atoms with E-state index in [1.807, 2.05) is 34.9 Å². The second kappa shape index (κ2) is 6.23. The maximum atomic E-state index is 12.6. The number of carbonyl (C=O) groups is 2. The smallest absolute Gasteiger partial charge is 0.322 e. The Balaban J connectivity index is 1.65. The molecule has 7 nitrogen and oxygen atoms in total. The number of rotatable bonds is 3. The zero-order valence-corrected chi connectivity index (χ0v) is 14.2. The Hall–Kier alpha value is -3.27. The average molecular weight is 349 g/mol. The predicted molar refractivity (Wildman–Crippen MR) is 95.5 cm³/mol. The molecule has 1 fully saturated rings. The summed E-state index contributed by atoms with van der Waals surface area (Å²) in [5, 5.41) is 12.4. The highest BCUT2D eigenvalue weighted by Crippen LogP contribution is 2.44. The first kappa shape index (κ1) is 16.2. The highest BCUT2D eigenvalue weighted by molar-refractivity contribution is 5.98. The zero-order valence-electron chi connectivity index (χ0n) is 14.2. The molecule has 1 aromatic heterocycles. The van der Waals surface area contributed by atoms with Crippen LogP contribution in [-0.4, -0.2) is 28.0 Å². The lowest BCUT2D eigenvalue weighted by Crippen LogP contribution is -2.41. The van der Waals surface area contributed by atoms with E-state index >= 15 is 0 Å². The number of anilines is 1. The van der Waals surface area contributed by atoms with Crippen molar-refractivity contribution in [1.82, 2.24) is 9.47 Å². The number of nitrogens with zero attached hydrogens (tertiary/aromatic N) is 3. The first-order chi connectivity index (χ1) is 12.6. The topological polar surface area (TPSA) is 104 Å². The molecule has 1 aliphatic heterocycles. The first-order valence-electron chi connectivity index (χ1n) is 8.66. The number of nitrogens with two attached hydrogens (primary N) is 1. The number of amides is 3. The fourth-order valence-corrected chi connectivity index (χ4v) is 3.65. The molecule has 3 N–H and O–H groups in total. The predicted octanol–water partition coefficient (Wildman–Crippen LogP) is 2.38. The van der Waals surface area contributed by atoms with Crippen molar-refractivity contribution >= 4 is 17.6 Å². The van der Waals surface area contributed by atoms with Crippen molar-refractivity contribution in [3.05, 3.63) is 52.8 Å². The van der Waals surface area contributed by atoms with Gasteiger partial charge in [0.25, 0.3) is 5.91 Å². The molecule has 1 aliphatic carbocycles. The van der Waals surface area contributed by atoms with Crippen LogP contribution in [0.3, 0.4) is 0 Å². The van der Waals surface area contributed by atoms with Crippen molar-refractivity contribution in [2.75, 3.05) is 11.9 Å². The van der Waals surface area contributed by atoms with Gasteiger partial charge >= 0.3 is 6.03 Å². The van der Waals surface area contributed by atoms with Gasteiger partial charge in [-0.25, -0.2) is 4.79 Å². The average Bonchev–Trinajstić information content (AvgIpc) is 3.42. The Kier molecular flexibility index (Phi) is 3.88. The Morgan fingerprint density at radius 2 is 1.92 bits per heavy atom. The lowest BCUT2D eigenvalue weighted by atomic mass is 10.1. The van der Waals surface area contributed by atoms with Crippen LogP contribution >= 0.6 is 0 Å². The van der Waals surface area contributed by atoms with Crippen LogP contribution in [0.5, 0.6) is 0 Å². The van der Waals surface area contributed by atoms with Crippen LogP contribution < -0.4 is 11.1 Å². The molecule has 7 heteroatoms. The number of urea groups is 1. The standard InChI is InChI=1S/C19H19N5O2/c20-10-14-16(18(21)25)15-11-23(8-9-24(15)17(14)12-6-7-12)19(26)22-13-4-2-1-3-5-13/h1-5,12H,6-9,11H2,(H2,21,25)(H,22,26). The van der Waals surface area contributed by atoms with E-state index in [0.29, 0.717) is 36.0 Å². The van der Waals surface area contributed by atoms with Crippen LogP contribution in [0, 0.1) is 11.3 Å². The largest absolute Gasteiger partial charge is 0.366 e. The number of benzene rings is 1. The van der Waals surface area contributed by atoms with Crippen LogP contribution in [0.15, 0.2) is 30.3 Å². The third kappa shape index (κ3) is 2.69. The SMILES string of the molecule is N#Cc1c(C(N)=O)c2n(c1C1CC1)CCN(C(=O)Nc1ccccc1)C2. The van der Waals surface area contributed by atoms with Crippen LogP contribution in [0.4, 0.5) is 10.5 Å². The van der Waals surface area contributed by atoms with Gasteiger partial charge in [0.05, 0.1) is 23.4 Å². The molecule has 132 valence electrons. The number of primary amides is 1. The van der Waals surface area contributed by atoms with Crippen molar-refractivity contribution in [1.29, 1.82) is 5.26 Å². The van der Waals surface area contributed by atoms with Gasteiger partial charge in [0, 0.05) is 30.4 Å². The number of nitriles is 1. The van der Waals surface area contributed by atoms with E-state index in [9.17, 15) is 14.9 Å². The van der Waals surface area contributed by atoms with E-state index in [4.69, 9.17) is 5.73 Å². The maximum Gasteiger partial charge on any atom is 0.322 e. The molecule has 4 rings (SSSR count). The Bertz CT molecular complexity index is 922. The molecule has 26 heavy (non-hydrogen) atoms. The van der Waals surface area contributed by atoms with E-state index in [1.54, 1.807) is 4.90 Å². The molecule has 0 saturated heterocycles. The molecule has 0 unspecified atom stereocenters. The number of nitrogens with one attached hydrogen (secondary N) is 1. The first-order valence-corrected chi connectivity index (χ1v) is 8.66. The molecule has 2 heterocycles. The monoisotopic (exact) mass is 349 g/mol. The van der Waals surface area contributed by atoms with E-state index < -0.39 is 5.91 Å². The Labute approximate surface area is 151 Å². The summed E-state index contributed by atoms with van der Waals surface area (Å²) in [7, 11) is 0. The number of hydrogen-bond donors (Lipinski definition) is 2. The lowest BCUT2D eigenvalue weighted by molar-refractivity contribution is 0.0997. The maximum absolute atomic E-state index is 12.6. The normalized spacial score (nSPS) is 15.9. The second-order valence-electron chi connectivity index (χ2n) is 6.70. The van der Waals surface area contributed by atoms with Gasteiger partial charge < -0.3 is 20.5 Å². The molecule has 2 aromatic rings. The van der Waals surface area contributed by atoms with Crippen LogP contribution in [0.1, 0.15) is 46.1 Å². The lowest BCUT2D eigenvalue weighted by Gasteiger charge is -2.30. The van der Waals surface area contributed by atoms with Gasteiger partial charge in [-0.3, -0.25) is 4.79 Å². The minimum Gasteiger partial charge on any atom is -0.366 e. The van der Waals surface area contributed by atoms with E-state index in [-0.39, 0.29) is 18.1 Å². The zero-order chi connectivity index (χ0) is 18.3. The van der Waals surface area contributed by atoms with Crippen LogP contribution in [0.25, 0.3) is 0 Å². The van der Waals surface area contributed by atoms with Gasteiger partial charge in [-0.1, -0.05) is 18.2 Å². The number of para-hydroxylation sites is 1. The summed E-state index contributed by atoms with van der Waals surface area (Å²) >= 11 is 0. The molecule has 2 aliphatic rings. The highest BCUT2D eigenvalue weighted by atomic mass is 16.2. The molecular weight excluding hydrogens is 330 g/mol. The van der Waals surface area contributed by atoms with E-state index in [1.165, 1.54) is 0 Å². The molecule has 1 aromatic carbocycles. The van der Waals surface area contributed by atoms with Crippen molar-refractivity contribution in [2.45, 2.75) is 31.8 Å². The highest BCUT2D eigenvalue weighted by Gasteiger charge is 2.37. The number of fused-ring (bicyclic) bond motifs is 1. The molecule has 0 bridgehead atoms. The summed E-state index contributed by atoms with van der Waals surface area (Å²) < 4.78 is 2.03. The van der Waals surface area contributed by atoms with Gasteiger partial charge in [0.2, 0.25) is 0 Å². The van der Waals surface area contributed by atoms with E-state index in [0.717, 1.165) is 18.5 Å². The minimum atomic E-state index is -0.609. The van der Waals surface area contributed by atoms with Crippen molar-refractivity contribution < 1.29 is 9.59 Å². The third-order valence-corrected chi connectivity index (χ3v) is 4.98. The van der Waals surface area contributed by atoms with Crippen LogP contribution in [-0.2, 0) is 13.1 Å². The summed E-state index contributed by atoms with van der Waals surface area (Å²) in [6.07, 6.45) is 2.04. The van der Waals surface area contributed by atoms with Gasteiger partial charge in [0.15, 0.2) is 0 Å². The van der Waals surface area contributed by atoms with Crippen molar-refractivity contribution in [3.63, 3.8) is 0 Å². The van der Waals surface area contributed by atoms with Crippen LogP contribution in [0.2, 0.25) is 0 Å². The summed E-state index contributed by atoms with van der Waals surface area (Å²) in [6.45, 7) is 1.34. The molecular formula is C19H19N5O2. The van der Waals surface area contributed by atoms with Crippen molar-refractivity contribution in [3.8, 4) is 6.07 Å². The summed E-state index contributed by atoms with van der Waals surface area (Å²) in [5.74, 6) is -0.288. The fourth-order valence-electron chi connectivity index (χ4n) is 3.65. The number of aromatic nitrogens is 1.